The van der Waals surface area contributed by atoms with Gasteiger partial charge in [-0.1, -0.05) is 12.1 Å². The smallest absolute Gasteiger partial charge is 0.494 e. The zero-order valence-electron chi connectivity index (χ0n) is 18.2. The summed E-state index contributed by atoms with van der Waals surface area (Å²) in [5, 5.41) is 12.3. The van der Waals surface area contributed by atoms with Crippen molar-refractivity contribution in [3.8, 4) is 17.4 Å². The highest BCUT2D eigenvalue weighted by Gasteiger charge is 2.31. The minimum atomic E-state index is -4.72. The van der Waals surface area contributed by atoms with Crippen LogP contribution in [0.3, 0.4) is 0 Å². The van der Waals surface area contributed by atoms with Crippen LogP contribution in [0.25, 0.3) is 10.8 Å². The molecule has 0 amide bonds. The molecular weight excluding hydrogens is 421 g/mol. The largest absolute Gasteiger partial charge is 0.573 e. The standard InChI is InChI=1S/C24H27F3N2O3/c1-16-11-21(31-15-18-7-9-28(2)10-8-18)12-19-14-29(23(30)22(16)19)13-17-3-5-20(6-4-17)32-24(25,26)27/h3-6,11-12,14,18,30H,7-10,13,15H2,1-2H3. The van der Waals surface area contributed by atoms with Gasteiger partial charge >= 0.3 is 6.36 Å². The van der Waals surface area contributed by atoms with Gasteiger partial charge < -0.3 is 24.0 Å². The monoisotopic (exact) mass is 448 g/mol. The topological polar surface area (TPSA) is 46.9 Å². The van der Waals surface area contributed by atoms with Crippen molar-refractivity contribution in [3.63, 3.8) is 0 Å². The molecule has 3 aromatic rings. The number of nitrogens with zero attached hydrogens (tertiary/aromatic N) is 2. The summed E-state index contributed by atoms with van der Waals surface area (Å²) in [6.07, 6.45) is -0.633. The fourth-order valence-electron chi connectivity index (χ4n) is 4.20. The third-order valence-corrected chi connectivity index (χ3v) is 5.96. The Morgan fingerprint density at radius 3 is 2.41 bits per heavy atom. The van der Waals surface area contributed by atoms with Gasteiger partial charge in [0.25, 0.3) is 0 Å². The molecule has 1 aliphatic heterocycles. The lowest BCUT2D eigenvalue weighted by molar-refractivity contribution is -0.274. The number of piperidine rings is 1. The first-order valence-corrected chi connectivity index (χ1v) is 10.7. The maximum absolute atomic E-state index is 12.3. The van der Waals surface area contributed by atoms with Crippen molar-refractivity contribution in [2.45, 2.75) is 32.7 Å². The summed E-state index contributed by atoms with van der Waals surface area (Å²) in [4.78, 5) is 2.33. The predicted molar refractivity (Wildman–Crippen MR) is 116 cm³/mol. The number of hydrogen-bond acceptors (Lipinski definition) is 4. The Morgan fingerprint density at radius 2 is 1.75 bits per heavy atom. The fraction of sp³-hybridized carbons (Fsp3) is 0.417. The first-order valence-electron chi connectivity index (χ1n) is 10.7. The molecule has 0 aliphatic carbocycles. The average Bonchev–Trinajstić information content (AvgIpc) is 3.03. The number of hydrogen-bond donors (Lipinski definition) is 1. The number of aryl methyl sites for hydroxylation is 1. The second-order valence-electron chi connectivity index (χ2n) is 8.53. The SMILES string of the molecule is Cc1cc(OCC2CCN(C)CC2)cc2cn(Cc3ccc(OC(F)(F)F)cc3)c(O)c12. The Hall–Kier alpha value is -2.87. The van der Waals surface area contributed by atoms with Gasteiger partial charge in [-0.05, 0) is 81.2 Å². The van der Waals surface area contributed by atoms with Crippen molar-refractivity contribution < 1.29 is 27.8 Å². The zero-order valence-corrected chi connectivity index (χ0v) is 18.2. The van der Waals surface area contributed by atoms with Gasteiger partial charge in [-0.2, -0.15) is 0 Å². The highest BCUT2D eigenvalue weighted by atomic mass is 19.4. The number of rotatable bonds is 6. The summed E-state index contributed by atoms with van der Waals surface area (Å²) >= 11 is 0. The van der Waals surface area contributed by atoms with Gasteiger partial charge in [0, 0.05) is 17.0 Å². The summed E-state index contributed by atoms with van der Waals surface area (Å²) < 4.78 is 48.7. The Bertz CT molecular complexity index is 1070. The average molecular weight is 448 g/mol. The molecule has 1 fully saturated rings. The number of ether oxygens (including phenoxy) is 2. The summed E-state index contributed by atoms with van der Waals surface area (Å²) in [5.41, 5.74) is 1.65. The number of alkyl halides is 3. The van der Waals surface area contributed by atoms with Gasteiger partial charge in [0.15, 0.2) is 5.88 Å². The maximum Gasteiger partial charge on any atom is 0.573 e. The van der Waals surface area contributed by atoms with E-state index in [-0.39, 0.29) is 11.6 Å². The van der Waals surface area contributed by atoms with E-state index in [1.807, 2.05) is 25.3 Å². The van der Waals surface area contributed by atoms with E-state index in [1.54, 1.807) is 16.7 Å². The van der Waals surface area contributed by atoms with E-state index >= 15 is 0 Å². The minimum Gasteiger partial charge on any atom is -0.494 e. The highest BCUT2D eigenvalue weighted by molar-refractivity contribution is 5.92. The lowest BCUT2D eigenvalue weighted by Crippen LogP contribution is -2.32. The van der Waals surface area contributed by atoms with E-state index in [2.05, 4.69) is 16.7 Å². The van der Waals surface area contributed by atoms with Crippen LogP contribution in [-0.2, 0) is 6.54 Å². The Labute approximate surface area is 185 Å². The first-order chi connectivity index (χ1) is 15.2. The normalized spacial score (nSPS) is 15.9. The van der Waals surface area contributed by atoms with Crippen molar-refractivity contribution >= 4 is 10.8 Å². The van der Waals surface area contributed by atoms with Gasteiger partial charge in [-0.25, -0.2) is 0 Å². The second kappa shape index (κ2) is 8.94. The molecule has 4 rings (SSSR count). The number of halogens is 3. The molecule has 0 spiro atoms. The molecule has 0 radical (unpaired) electrons. The summed E-state index contributed by atoms with van der Waals surface area (Å²) in [7, 11) is 2.14. The van der Waals surface area contributed by atoms with Crippen LogP contribution in [0.5, 0.6) is 17.4 Å². The second-order valence-corrected chi connectivity index (χ2v) is 8.53. The molecule has 172 valence electrons. The molecule has 1 saturated heterocycles. The van der Waals surface area contributed by atoms with E-state index in [0.717, 1.165) is 53.6 Å². The molecule has 5 nitrogen and oxygen atoms in total. The highest BCUT2D eigenvalue weighted by Crippen LogP contribution is 2.34. The number of aromatic nitrogens is 1. The molecule has 0 bridgehead atoms. The minimum absolute atomic E-state index is 0.120. The van der Waals surface area contributed by atoms with Gasteiger partial charge in [0.05, 0.1) is 13.2 Å². The van der Waals surface area contributed by atoms with Crippen molar-refractivity contribution in [1.29, 1.82) is 0 Å². The van der Waals surface area contributed by atoms with Crippen molar-refractivity contribution in [1.82, 2.24) is 9.47 Å². The van der Waals surface area contributed by atoms with E-state index in [0.29, 0.717) is 19.1 Å². The van der Waals surface area contributed by atoms with Crippen LogP contribution in [0, 0.1) is 12.8 Å². The van der Waals surface area contributed by atoms with E-state index in [4.69, 9.17) is 4.74 Å². The Morgan fingerprint density at radius 1 is 1.06 bits per heavy atom. The molecule has 1 N–H and O–H groups in total. The van der Waals surface area contributed by atoms with Gasteiger partial charge in [-0.15, -0.1) is 13.2 Å². The molecular formula is C24H27F3N2O3. The number of likely N-dealkylation sites (tertiary alicyclic amines) is 1. The molecule has 2 aromatic carbocycles. The van der Waals surface area contributed by atoms with Gasteiger partial charge in [0.2, 0.25) is 0 Å². The lowest BCUT2D eigenvalue weighted by Gasteiger charge is -2.28. The van der Waals surface area contributed by atoms with Crippen LogP contribution in [0.4, 0.5) is 13.2 Å². The van der Waals surface area contributed by atoms with E-state index < -0.39 is 6.36 Å². The number of benzene rings is 2. The lowest BCUT2D eigenvalue weighted by atomic mass is 9.98. The predicted octanol–water partition coefficient (Wildman–Crippen LogP) is 5.32. The van der Waals surface area contributed by atoms with Gasteiger partial charge in [-0.3, -0.25) is 0 Å². The molecule has 2 heterocycles. The molecule has 0 saturated carbocycles. The van der Waals surface area contributed by atoms with Crippen molar-refractivity contribution in [2.75, 3.05) is 26.7 Å². The van der Waals surface area contributed by atoms with Crippen LogP contribution in [0.2, 0.25) is 0 Å². The van der Waals surface area contributed by atoms with E-state index in [1.165, 1.54) is 12.1 Å². The van der Waals surface area contributed by atoms with Crippen LogP contribution < -0.4 is 9.47 Å². The van der Waals surface area contributed by atoms with Crippen LogP contribution in [0.1, 0.15) is 24.0 Å². The fourth-order valence-corrected chi connectivity index (χ4v) is 4.20. The molecule has 1 aliphatic rings. The summed E-state index contributed by atoms with van der Waals surface area (Å²) in [5.74, 6) is 1.17. The molecule has 0 atom stereocenters. The third-order valence-electron chi connectivity index (χ3n) is 5.96. The molecule has 1 aromatic heterocycles. The zero-order chi connectivity index (χ0) is 22.9. The molecule has 32 heavy (non-hydrogen) atoms. The van der Waals surface area contributed by atoms with Crippen molar-refractivity contribution in [2.24, 2.45) is 5.92 Å². The summed E-state index contributed by atoms with van der Waals surface area (Å²) in [6.45, 7) is 5.10. The first kappa shape index (κ1) is 22.3. The number of aromatic hydroxyl groups is 1. The van der Waals surface area contributed by atoms with Gasteiger partial charge in [0.1, 0.15) is 11.5 Å². The number of fused-ring (bicyclic) bond motifs is 1. The molecule has 0 unspecified atom stereocenters. The molecule has 8 heteroatoms. The Kier molecular flexibility index (Phi) is 6.24. The van der Waals surface area contributed by atoms with Crippen LogP contribution >= 0.6 is 0 Å². The quantitative estimate of drug-likeness (QED) is 0.554. The maximum atomic E-state index is 12.3. The summed E-state index contributed by atoms with van der Waals surface area (Å²) in [6, 6.07) is 9.49. The van der Waals surface area contributed by atoms with Crippen LogP contribution in [-0.4, -0.2) is 47.7 Å². The third kappa shape index (κ3) is 5.30. The van der Waals surface area contributed by atoms with E-state index in [9.17, 15) is 18.3 Å². The van der Waals surface area contributed by atoms with Crippen molar-refractivity contribution in [3.05, 3.63) is 53.7 Å². The Balaban J connectivity index is 1.47. The van der Waals surface area contributed by atoms with Crippen LogP contribution in [0.15, 0.2) is 42.6 Å².